The maximum atomic E-state index is 11.0. The number of ether oxygens (including phenoxy) is 1. The van der Waals surface area contributed by atoms with Crippen molar-refractivity contribution in [3.05, 3.63) is 44.9 Å². The van der Waals surface area contributed by atoms with Crippen LogP contribution in [0.15, 0.2) is 17.5 Å². The van der Waals surface area contributed by atoms with Crippen LogP contribution >= 0.6 is 11.3 Å². The second-order valence-corrected chi connectivity index (χ2v) is 6.25. The number of aromatic nitrogens is 1. The zero-order valence-corrected chi connectivity index (χ0v) is 13.5. The Morgan fingerprint density at radius 1 is 1.33 bits per heavy atom. The number of thiazole rings is 1. The summed E-state index contributed by atoms with van der Waals surface area (Å²) in [5.41, 5.74) is 2.84. The molecule has 4 nitrogen and oxygen atoms in total. The third-order valence-corrected chi connectivity index (χ3v) is 4.33. The van der Waals surface area contributed by atoms with Gasteiger partial charge in [-0.25, -0.2) is 9.78 Å². The number of carbonyl (C=O) groups is 1. The molecule has 1 aromatic heterocycles. The number of carboxylic acids is 1. The second kappa shape index (κ2) is 6.26. The van der Waals surface area contributed by atoms with Crippen LogP contribution in [0.4, 0.5) is 0 Å². The van der Waals surface area contributed by atoms with Crippen molar-refractivity contribution in [2.24, 2.45) is 0 Å². The molecule has 1 N–H and O–H groups in total. The molecule has 0 spiro atoms. The molecule has 0 aliphatic carbocycles. The molecule has 0 saturated heterocycles. The highest BCUT2D eigenvalue weighted by Crippen LogP contribution is 2.26. The van der Waals surface area contributed by atoms with Crippen molar-refractivity contribution in [2.45, 2.75) is 40.2 Å². The van der Waals surface area contributed by atoms with E-state index in [0.717, 1.165) is 27.6 Å². The number of aromatic carboxylic acids is 1. The minimum absolute atomic E-state index is 0.285. The molecule has 2 rings (SSSR count). The summed E-state index contributed by atoms with van der Waals surface area (Å²) in [6.45, 7) is 8.34. The number of aryl methyl sites for hydroxylation is 2. The monoisotopic (exact) mass is 305 g/mol. The average Bonchev–Trinajstić information content (AvgIpc) is 2.86. The summed E-state index contributed by atoms with van der Waals surface area (Å²) in [7, 11) is 0. The maximum absolute atomic E-state index is 11.0. The molecule has 2 aromatic rings. The first-order chi connectivity index (χ1) is 9.88. The van der Waals surface area contributed by atoms with Gasteiger partial charge in [-0.1, -0.05) is 13.8 Å². The summed E-state index contributed by atoms with van der Waals surface area (Å²) in [4.78, 5) is 15.5. The molecular weight excluding hydrogens is 286 g/mol. The van der Waals surface area contributed by atoms with Crippen molar-refractivity contribution in [3.8, 4) is 5.75 Å². The Kier molecular flexibility index (Phi) is 4.63. The average molecular weight is 305 g/mol. The van der Waals surface area contributed by atoms with Gasteiger partial charge in [0.15, 0.2) is 0 Å². The Balaban J connectivity index is 2.14. The summed E-state index contributed by atoms with van der Waals surface area (Å²) in [6.07, 6.45) is 0. The topological polar surface area (TPSA) is 59.4 Å². The molecule has 5 heteroatoms. The minimum atomic E-state index is -0.922. The highest BCUT2D eigenvalue weighted by Gasteiger charge is 2.12. The van der Waals surface area contributed by atoms with Crippen LogP contribution in [0.25, 0.3) is 0 Å². The Bertz CT molecular complexity index is 638. The fourth-order valence-electron chi connectivity index (χ4n) is 2.10. The SMILES string of the molecule is Cc1cc(C(=O)O)cc(C)c1OCc1csc(C(C)C)n1. The van der Waals surface area contributed by atoms with Crippen LogP contribution in [0.3, 0.4) is 0 Å². The van der Waals surface area contributed by atoms with E-state index in [4.69, 9.17) is 9.84 Å². The molecule has 21 heavy (non-hydrogen) atoms. The van der Waals surface area contributed by atoms with Gasteiger partial charge in [-0.3, -0.25) is 0 Å². The van der Waals surface area contributed by atoms with E-state index in [2.05, 4.69) is 18.8 Å². The molecule has 1 heterocycles. The highest BCUT2D eigenvalue weighted by atomic mass is 32.1. The molecule has 0 aliphatic rings. The van der Waals surface area contributed by atoms with Gasteiger partial charge < -0.3 is 9.84 Å². The smallest absolute Gasteiger partial charge is 0.335 e. The molecule has 0 atom stereocenters. The summed E-state index contributed by atoms with van der Waals surface area (Å²) in [5, 5.41) is 12.1. The normalized spacial score (nSPS) is 10.9. The number of hydrogen-bond donors (Lipinski definition) is 1. The van der Waals surface area contributed by atoms with Crippen LogP contribution < -0.4 is 4.74 Å². The summed E-state index contributed by atoms with van der Waals surface area (Å²) < 4.78 is 5.83. The van der Waals surface area contributed by atoms with Gasteiger partial charge in [0.1, 0.15) is 12.4 Å². The van der Waals surface area contributed by atoms with E-state index in [1.54, 1.807) is 23.5 Å². The molecule has 0 aliphatic heterocycles. The molecule has 0 amide bonds. The van der Waals surface area contributed by atoms with E-state index in [1.807, 2.05) is 19.2 Å². The molecule has 112 valence electrons. The van der Waals surface area contributed by atoms with Crippen LogP contribution in [0.5, 0.6) is 5.75 Å². The molecule has 0 unspecified atom stereocenters. The van der Waals surface area contributed by atoms with E-state index in [-0.39, 0.29) is 5.56 Å². The predicted molar refractivity (Wildman–Crippen MR) is 83.4 cm³/mol. The van der Waals surface area contributed by atoms with Crippen molar-refractivity contribution in [3.63, 3.8) is 0 Å². The summed E-state index contributed by atoms with van der Waals surface area (Å²) >= 11 is 1.64. The lowest BCUT2D eigenvalue weighted by Crippen LogP contribution is -2.03. The largest absolute Gasteiger partial charge is 0.487 e. The zero-order chi connectivity index (χ0) is 15.6. The molecule has 0 saturated carbocycles. The zero-order valence-electron chi connectivity index (χ0n) is 12.6. The van der Waals surface area contributed by atoms with Gasteiger partial charge in [0.25, 0.3) is 0 Å². The van der Waals surface area contributed by atoms with Crippen molar-refractivity contribution >= 4 is 17.3 Å². The van der Waals surface area contributed by atoms with Gasteiger partial charge in [0.2, 0.25) is 0 Å². The third kappa shape index (κ3) is 3.61. The number of carboxylic acid groups (broad SMARTS) is 1. The van der Waals surface area contributed by atoms with Gasteiger partial charge in [-0.05, 0) is 37.1 Å². The number of benzene rings is 1. The Morgan fingerprint density at radius 3 is 2.43 bits per heavy atom. The van der Waals surface area contributed by atoms with E-state index >= 15 is 0 Å². The maximum Gasteiger partial charge on any atom is 0.335 e. The van der Waals surface area contributed by atoms with Gasteiger partial charge >= 0.3 is 5.97 Å². The number of hydrogen-bond acceptors (Lipinski definition) is 4. The van der Waals surface area contributed by atoms with Crippen LogP contribution in [-0.2, 0) is 6.61 Å². The molecule has 0 bridgehead atoms. The van der Waals surface area contributed by atoms with E-state index in [1.165, 1.54) is 0 Å². The van der Waals surface area contributed by atoms with Gasteiger partial charge in [-0.15, -0.1) is 11.3 Å². The first-order valence-electron chi connectivity index (χ1n) is 6.80. The fourth-order valence-corrected chi connectivity index (χ4v) is 2.92. The van der Waals surface area contributed by atoms with Crippen LogP contribution in [-0.4, -0.2) is 16.1 Å². The van der Waals surface area contributed by atoms with E-state index in [0.29, 0.717) is 12.5 Å². The predicted octanol–water partition coefficient (Wildman–Crippen LogP) is 4.16. The van der Waals surface area contributed by atoms with Crippen LogP contribution in [0.1, 0.15) is 52.0 Å². The quantitative estimate of drug-likeness (QED) is 0.901. The van der Waals surface area contributed by atoms with E-state index in [9.17, 15) is 4.79 Å². The summed E-state index contributed by atoms with van der Waals surface area (Å²) in [5.74, 6) is 0.231. The lowest BCUT2D eigenvalue weighted by molar-refractivity contribution is 0.0696. The van der Waals surface area contributed by atoms with Crippen LogP contribution in [0.2, 0.25) is 0 Å². The molecule has 1 aromatic carbocycles. The van der Waals surface area contributed by atoms with Crippen molar-refractivity contribution in [2.75, 3.05) is 0 Å². The Hall–Kier alpha value is -1.88. The first kappa shape index (κ1) is 15.5. The molecule has 0 radical (unpaired) electrons. The second-order valence-electron chi connectivity index (χ2n) is 5.36. The van der Waals surface area contributed by atoms with Gasteiger partial charge in [0.05, 0.1) is 16.3 Å². The lowest BCUT2D eigenvalue weighted by atomic mass is 10.1. The van der Waals surface area contributed by atoms with Crippen molar-refractivity contribution in [1.82, 2.24) is 4.98 Å². The standard InChI is InChI=1S/C16H19NO3S/c1-9(2)15-17-13(8-21-15)7-20-14-10(3)5-12(16(18)19)6-11(14)4/h5-6,8-9H,7H2,1-4H3,(H,18,19). The number of nitrogens with zero attached hydrogens (tertiary/aromatic N) is 1. The van der Waals surface area contributed by atoms with Crippen molar-refractivity contribution in [1.29, 1.82) is 0 Å². The molecular formula is C16H19NO3S. The lowest BCUT2D eigenvalue weighted by Gasteiger charge is -2.12. The van der Waals surface area contributed by atoms with Crippen molar-refractivity contribution < 1.29 is 14.6 Å². The third-order valence-electron chi connectivity index (χ3n) is 3.14. The first-order valence-corrected chi connectivity index (χ1v) is 7.68. The Labute approximate surface area is 128 Å². The Morgan fingerprint density at radius 2 is 1.95 bits per heavy atom. The number of rotatable bonds is 5. The molecule has 0 fully saturated rings. The summed E-state index contributed by atoms with van der Waals surface area (Å²) in [6, 6.07) is 3.26. The van der Waals surface area contributed by atoms with Gasteiger partial charge in [-0.2, -0.15) is 0 Å². The highest BCUT2D eigenvalue weighted by molar-refractivity contribution is 7.09. The minimum Gasteiger partial charge on any atom is -0.487 e. The van der Waals surface area contributed by atoms with Gasteiger partial charge in [0, 0.05) is 11.3 Å². The van der Waals surface area contributed by atoms with Crippen LogP contribution in [0, 0.1) is 13.8 Å². The van der Waals surface area contributed by atoms with E-state index < -0.39 is 5.97 Å². The fraction of sp³-hybridized carbons (Fsp3) is 0.375.